The van der Waals surface area contributed by atoms with Gasteiger partial charge in [-0.2, -0.15) is 0 Å². The molecule has 5 nitrogen and oxygen atoms in total. The standard InChI is InChI=1S/C12H15FN2O3/c1-14(2)11(16)7-15(3)10-5-4-8(12(17)18)6-9(10)13/h4-6H,7H2,1-3H3,(H,17,18). The number of hydrogen-bond acceptors (Lipinski definition) is 3. The zero-order valence-corrected chi connectivity index (χ0v) is 10.5. The van der Waals surface area contributed by atoms with Crippen LogP contribution in [0.25, 0.3) is 0 Å². The van der Waals surface area contributed by atoms with E-state index in [1.165, 1.54) is 21.9 Å². The summed E-state index contributed by atoms with van der Waals surface area (Å²) in [5, 5.41) is 8.72. The van der Waals surface area contributed by atoms with E-state index in [-0.39, 0.29) is 23.7 Å². The maximum atomic E-state index is 13.7. The maximum absolute atomic E-state index is 13.7. The first kappa shape index (κ1) is 14.0. The Morgan fingerprint density at radius 3 is 2.33 bits per heavy atom. The van der Waals surface area contributed by atoms with Crippen LogP contribution in [0, 0.1) is 5.82 Å². The predicted molar refractivity (Wildman–Crippen MR) is 65.3 cm³/mol. The normalized spacial score (nSPS) is 10.0. The molecule has 0 aliphatic heterocycles. The van der Waals surface area contributed by atoms with Crippen LogP contribution in [0.3, 0.4) is 0 Å². The van der Waals surface area contributed by atoms with Gasteiger partial charge in [-0.3, -0.25) is 4.79 Å². The molecule has 6 heteroatoms. The third kappa shape index (κ3) is 3.19. The molecule has 0 atom stereocenters. The Hall–Kier alpha value is -2.11. The molecule has 0 saturated carbocycles. The first-order valence-corrected chi connectivity index (χ1v) is 5.27. The molecule has 0 radical (unpaired) electrons. The Bertz CT molecular complexity index is 474. The molecule has 0 spiro atoms. The highest BCUT2D eigenvalue weighted by Crippen LogP contribution is 2.19. The van der Waals surface area contributed by atoms with Crippen molar-refractivity contribution in [3.8, 4) is 0 Å². The summed E-state index contributed by atoms with van der Waals surface area (Å²) in [6.07, 6.45) is 0. The average molecular weight is 254 g/mol. The Balaban J connectivity index is 2.90. The highest BCUT2D eigenvalue weighted by molar-refractivity contribution is 5.88. The van der Waals surface area contributed by atoms with Crippen LogP contribution >= 0.6 is 0 Å². The molecule has 98 valence electrons. The van der Waals surface area contributed by atoms with E-state index >= 15 is 0 Å². The highest BCUT2D eigenvalue weighted by Gasteiger charge is 2.14. The van der Waals surface area contributed by atoms with Crippen LogP contribution in [-0.4, -0.2) is 49.6 Å². The molecule has 0 aromatic heterocycles. The molecule has 0 unspecified atom stereocenters. The van der Waals surface area contributed by atoms with E-state index in [2.05, 4.69) is 0 Å². The molecule has 18 heavy (non-hydrogen) atoms. The van der Waals surface area contributed by atoms with E-state index in [0.29, 0.717) is 0 Å². The number of nitrogens with zero attached hydrogens (tertiary/aromatic N) is 2. The van der Waals surface area contributed by atoms with E-state index in [9.17, 15) is 14.0 Å². The molecule has 0 saturated heterocycles. The van der Waals surface area contributed by atoms with Crippen molar-refractivity contribution in [1.82, 2.24) is 4.90 Å². The van der Waals surface area contributed by atoms with Gasteiger partial charge in [-0.05, 0) is 18.2 Å². The highest BCUT2D eigenvalue weighted by atomic mass is 19.1. The zero-order chi connectivity index (χ0) is 13.9. The van der Waals surface area contributed by atoms with Crippen molar-refractivity contribution in [2.24, 2.45) is 0 Å². The molecular formula is C12H15FN2O3. The number of amides is 1. The Labute approximate surface area is 104 Å². The maximum Gasteiger partial charge on any atom is 0.335 e. The second-order valence-electron chi connectivity index (χ2n) is 4.12. The van der Waals surface area contributed by atoms with Gasteiger partial charge in [0.25, 0.3) is 0 Å². The average Bonchev–Trinajstić information content (AvgIpc) is 2.28. The third-order valence-electron chi connectivity index (χ3n) is 2.48. The summed E-state index contributed by atoms with van der Waals surface area (Å²) in [7, 11) is 4.79. The number of carboxylic acids is 1. The molecule has 1 aromatic rings. The monoisotopic (exact) mass is 254 g/mol. The number of carboxylic acid groups (broad SMARTS) is 1. The fraction of sp³-hybridized carbons (Fsp3) is 0.333. The molecule has 0 aliphatic carbocycles. The van der Waals surface area contributed by atoms with Gasteiger partial charge < -0.3 is 14.9 Å². The van der Waals surface area contributed by atoms with E-state index in [1.54, 1.807) is 21.1 Å². The van der Waals surface area contributed by atoms with Crippen LogP contribution in [0.5, 0.6) is 0 Å². The predicted octanol–water partition coefficient (Wildman–Crippen LogP) is 1.05. The second kappa shape index (κ2) is 5.48. The lowest BCUT2D eigenvalue weighted by molar-refractivity contribution is -0.127. The number of hydrogen-bond donors (Lipinski definition) is 1. The van der Waals surface area contributed by atoms with Crippen molar-refractivity contribution in [1.29, 1.82) is 0 Å². The number of aromatic carboxylic acids is 1. The minimum Gasteiger partial charge on any atom is -0.478 e. The largest absolute Gasteiger partial charge is 0.478 e. The van der Waals surface area contributed by atoms with E-state index in [4.69, 9.17) is 5.11 Å². The van der Waals surface area contributed by atoms with Gasteiger partial charge in [0, 0.05) is 21.1 Å². The van der Waals surface area contributed by atoms with Crippen molar-refractivity contribution in [2.45, 2.75) is 0 Å². The molecule has 1 aromatic carbocycles. The summed E-state index contributed by atoms with van der Waals surface area (Å²) < 4.78 is 13.7. The lowest BCUT2D eigenvalue weighted by Crippen LogP contribution is -2.34. The van der Waals surface area contributed by atoms with Crippen molar-refractivity contribution in [2.75, 3.05) is 32.6 Å². The van der Waals surface area contributed by atoms with E-state index < -0.39 is 11.8 Å². The van der Waals surface area contributed by atoms with Crippen molar-refractivity contribution >= 4 is 17.6 Å². The summed E-state index contributed by atoms with van der Waals surface area (Å²) in [4.78, 5) is 25.0. The number of anilines is 1. The van der Waals surface area contributed by atoms with Gasteiger partial charge in [-0.15, -0.1) is 0 Å². The minimum atomic E-state index is -1.19. The van der Waals surface area contributed by atoms with Gasteiger partial charge in [0.15, 0.2) is 0 Å². The number of benzene rings is 1. The Kier molecular flexibility index (Phi) is 4.25. The molecule has 0 bridgehead atoms. The number of carbonyl (C=O) groups is 2. The Morgan fingerprint density at radius 1 is 1.28 bits per heavy atom. The number of halogens is 1. The lowest BCUT2D eigenvalue weighted by Gasteiger charge is -2.21. The van der Waals surface area contributed by atoms with E-state index in [0.717, 1.165) is 6.07 Å². The summed E-state index contributed by atoms with van der Waals surface area (Å²) in [6.45, 7) is 0.0241. The van der Waals surface area contributed by atoms with Crippen LogP contribution in [0.1, 0.15) is 10.4 Å². The van der Waals surface area contributed by atoms with Gasteiger partial charge in [0.05, 0.1) is 17.8 Å². The van der Waals surface area contributed by atoms with Gasteiger partial charge in [0.2, 0.25) is 5.91 Å². The van der Waals surface area contributed by atoms with Crippen LogP contribution < -0.4 is 4.90 Å². The zero-order valence-electron chi connectivity index (χ0n) is 10.5. The molecule has 0 fully saturated rings. The number of carbonyl (C=O) groups excluding carboxylic acids is 1. The molecule has 0 aliphatic rings. The molecule has 1 rings (SSSR count). The summed E-state index contributed by atoms with van der Waals surface area (Å²) in [5.74, 6) is -2.02. The van der Waals surface area contributed by atoms with Crippen LogP contribution in [0.15, 0.2) is 18.2 Å². The fourth-order valence-electron chi connectivity index (χ4n) is 1.38. The molecule has 0 heterocycles. The number of rotatable bonds is 4. The van der Waals surface area contributed by atoms with Crippen LogP contribution in [-0.2, 0) is 4.79 Å². The van der Waals surface area contributed by atoms with Gasteiger partial charge in [-0.1, -0.05) is 0 Å². The van der Waals surface area contributed by atoms with E-state index in [1.807, 2.05) is 0 Å². The van der Waals surface area contributed by atoms with Gasteiger partial charge >= 0.3 is 5.97 Å². The van der Waals surface area contributed by atoms with Crippen molar-refractivity contribution in [3.05, 3.63) is 29.6 Å². The first-order valence-electron chi connectivity index (χ1n) is 5.27. The number of likely N-dealkylation sites (N-methyl/N-ethyl adjacent to an activating group) is 2. The smallest absolute Gasteiger partial charge is 0.335 e. The summed E-state index contributed by atoms with van der Waals surface area (Å²) in [5.41, 5.74) is 0.0683. The fourth-order valence-corrected chi connectivity index (χ4v) is 1.38. The summed E-state index contributed by atoms with van der Waals surface area (Å²) >= 11 is 0. The van der Waals surface area contributed by atoms with Gasteiger partial charge in [0.1, 0.15) is 5.82 Å². The summed E-state index contributed by atoms with van der Waals surface area (Å²) in [6, 6.07) is 3.59. The van der Waals surface area contributed by atoms with Gasteiger partial charge in [-0.25, -0.2) is 9.18 Å². The first-order chi connectivity index (χ1) is 8.32. The Morgan fingerprint density at radius 2 is 1.89 bits per heavy atom. The van der Waals surface area contributed by atoms with Crippen molar-refractivity contribution < 1.29 is 19.1 Å². The third-order valence-corrected chi connectivity index (χ3v) is 2.48. The van der Waals surface area contributed by atoms with Crippen molar-refractivity contribution in [3.63, 3.8) is 0 Å². The molecule has 1 N–H and O–H groups in total. The van der Waals surface area contributed by atoms with Crippen LogP contribution in [0.2, 0.25) is 0 Å². The lowest BCUT2D eigenvalue weighted by atomic mass is 10.2. The van der Waals surface area contributed by atoms with Crippen LogP contribution in [0.4, 0.5) is 10.1 Å². The molecular weight excluding hydrogens is 239 g/mol. The SMILES string of the molecule is CN(C)C(=O)CN(C)c1ccc(C(=O)O)cc1F. The second-order valence-corrected chi connectivity index (χ2v) is 4.12. The molecule has 1 amide bonds. The quantitative estimate of drug-likeness (QED) is 0.872. The minimum absolute atomic E-state index is 0.0241. The topological polar surface area (TPSA) is 60.9 Å².